The summed E-state index contributed by atoms with van der Waals surface area (Å²) in [7, 11) is -2.35. The molecule has 0 saturated carbocycles. The summed E-state index contributed by atoms with van der Waals surface area (Å²) in [5.74, 6) is 0.330. The van der Waals surface area contributed by atoms with E-state index in [-0.39, 0.29) is 5.75 Å². The molecule has 1 heterocycles. The molecule has 0 aliphatic rings. The van der Waals surface area contributed by atoms with Crippen molar-refractivity contribution in [3.8, 4) is 0 Å². The van der Waals surface area contributed by atoms with Gasteiger partial charge in [0, 0.05) is 6.20 Å². The van der Waals surface area contributed by atoms with Crippen LogP contribution in [-0.4, -0.2) is 25.5 Å². The second-order valence-corrected chi connectivity index (χ2v) is 4.20. The van der Waals surface area contributed by atoms with Gasteiger partial charge in [-0.3, -0.25) is 4.18 Å². The van der Waals surface area contributed by atoms with Crippen molar-refractivity contribution < 1.29 is 12.6 Å². The fourth-order valence-electron chi connectivity index (χ4n) is 0.826. The summed E-state index contributed by atoms with van der Waals surface area (Å²) in [5, 5.41) is 0. The Balaban J connectivity index is 2.87. The predicted octanol–water partition coefficient (Wildman–Crippen LogP) is 0.261. The quantitative estimate of drug-likeness (QED) is 0.658. The molecule has 1 rings (SSSR count). The summed E-state index contributed by atoms with van der Waals surface area (Å²) in [6.07, 6.45) is 1.52. The largest absolute Gasteiger partial charge is 0.273 e. The van der Waals surface area contributed by atoms with E-state index in [4.69, 9.17) is 0 Å². The Morgan fingerprint density at radius 2 is 2.23 bits per heavy atom. The van der Waals surface area contributed by atoms with Crippen molar-refractivity contribution >= 4 is 10.1 Å². The Morgan fingerprint density at radius 3 is 2.77 bits per heavy atom. The number of hydrogen-bond acceptors (Lipinski definition) is 5. The van der Waals surface area contributed by atoms with Crippen LogP contribution in [0.25, 0.3) is 0 Å². The summed E-state index contributed by atoms with van der Waals surface area (Å²) in [6, 6.07) is 1.55. The average Bonchev–Trinajstić information content (AvgIpc) is 2.03. The number of rotatable bonds is 3. The summed E-state index contributed by atoms with van der Waals surface area (Å²) < 4.78 is 26.3. The Labute approximate surface area is 76.9 Å². The van der Waals surface area contributed by atoms with Gasteiger partial charge in [-0.05, 0) is 13.0 Å². The van der Waals surface area contributed by atoms with Gasteiger partial charge in [0.1, 0.15) is 11.6 Å². The minimum Gasteiger partial charge on any atom is -0.273 e. The van der Waals surface area contributed by atoms with Gasteiger partial charge in [0.15, 0.2) is 0 Å². The van der Waals surface area contributed by atoms with Crippen LogP contribution in [0, 0.1) is 6.92 Å². The van der Waals surface area contributed by atoms with Crippen molar-refractivity contribution in [1.29, 1.82) is 0 Å². The predicted molar refractivity (Wildman–Crippen MR) is 46.4 cm³/mol. The van der Waals surface area contributed by atoms with E-state index in [1.54, 1.807) is 13.0 Å². The van der Waals surface area contributed by atoms with Crippen LogP contribution in [0.2, 0.25) is 0 Å². The van der Waals surface area contributed by atoms with Gasteiger partial charge < -0.3 is 0 Å². The van der Waals surface area contributed by atoms with E-state index < -0.39 is 10.1 Å². The molecule has 0 aliphatic heterocycles. The Morgan fingerprint density at radius 1 is 1.54 bits per heavy atom. The molecule has 1 aromatic rings. The van der Waals surface area contributed by atoms with Crippen molar-refractivity contribution in [2.24, 2.45) is 0 Å². The third kappa shape index (κ3) is 3.08. The van der Waals surface area contributed by atoms with Crippen molar-refractivity contribution in [2.75, 3.05) is 7.11 Å². The van der Waals surface area contributed by atoms with Gasteiger partial charge in [-0.1, -0.05) is 0 Å². The van der Waals surface area contributed by atoms with Crippen molar-refractivity contribution in [1.82, 2.24) is 9.97 Å². The first-order valence-corrected chi connectivity index (χ1v) is 5.18. The van der Waals surface area contributed by atoms with E-state index in [1.165, 1.54) is 6.20 Å². The zero-order chi connectivity index (χ0) is 9.90. The molecule has 0 radical (unpaired) electrons. The molecule has 72 valence electrons. The van der Waals surface area contributed by atoms with E-state index in [1.807, 2.05) is 0 Å². The van der Waals surface area contributed by atoms with Crippen LogP contribution < -0.4 is 0 Å². The zero-order valence-corrected chi connectivity index (χ0v) is 8.21. The van der Waals surface area contributed by atoms with Crippen molar-refractivity contribution in [3.05, 3.63) is 23.8 Å². The summed E-state index contributed by atoms with van der Waals surface area (Å²) in [6.45, 7) is 1.70. The second-order valence-electron chi connectivity index (χ2n) is 2.46. The molecule has 0 N–H and O–H groups in total. The van der Waals surface area contributed by atoms with Gasteiger partial charge in [-0.15, -0.1) is 0 Å². The normalized spacial score (nSPS) is 11.5. The highest BCUT2D eigenvalue weighted by atomic mass is 32.2. The van der Waals surface area contributed by atoms with Crippen LogP contribution in [0.4, 0.5) is 0 Å². The number of hydrogen-bond donors (Lipinski definition) is 0. The average molecular weight is 202 g/mol. The number of nitrogens with zero attached hydrogens (tertiary/aromatic N) is 2. The van der Waals surface area contributed by atoms with Crippen LogP contribution in [0.5, 0.6) is 0 Å². The molecule has 0 atom stereocenters. The van der Waals surface area contributed by atoms with E-state index in [2.05, 4.69) is 14.2 Å². The van der Waals surface area contributed by atoms with Crippen LogP contribution in [0.3, 0.4) is 0 Å². The number of aromatic nitrogens is 2. The first-order chi connectivity index (χ1) is 6.03. The molecule has 0 fully saturated rings. The third-order valence-corrected chi connectivity index (χ3v) is 2.57. The van der Waals surface area contributed by atoms with Gasteiger partial charge in [-0.25, -0.2) is 9.97 Å². The SMILES string of the molecule is COS(=O)(=O)Cc1ccnc(C)n1. The molecule has 13 heavy (non-hydrogen) atoms. The lowest BCUT2D eigenvalue weighted by Gasteiger charge is -2.00. The lowest BCUT2D eigenvalue weighted by Crippen LogP contribution is -2.07. The lowest BCUT2D eigenvalue weighted by molar-refractivity contribution is 0.396. The fourth-order valence-corrected chi connectivity index (χ4v) is 1.47. The Kier molecular flexibility index (Phi) is 2.94. The highest BCUT2D eigenvalue weighted by Gasteiger charge is 2.10. The summed E-state index contributed by atoms with van der Waals surface area (Å²) >= 11 is 0. The Hall–Kier alpha value is -1.01. The van der Waals surface area contributed by atoms with E-state index in [9.17, 15) is 8.42 Å². The van der Waals surface area contributed by atoms with E-state index in [0.29, 0.717) is 11.5 Å². The highest BCUT2D eigenvalue weighted by molar-refractivity contribution is 7.85. The van der Waals surface area contributed by atoms with Crippen LogP contribution in [-0.2, 0) is 20.1 Å². The first kappa shape index (κ1) is 10.1. The molecular formula is C7H10N2O3S. The smallest absolute Gasteiger partial charge is 0.272 e. The van der Waals surface area contributed by atoms with Gasteiger partial charge >= 0.3 is 0 Å². The highest BCUT2D eigenvalue weighted by Crippen LogP contribution is 2.03. The van der Waals surface area contributed by atoms with Crippen LogP contribution >= 0.6 is 0 Å². The van der Waals surface area contributed by atoms with Gasteiger partial charge in [0.2, 0.25) is 0 Å². The van der Waals surface area contributed by atoms with Crippen LogP contribution in [0.15, 0.2) is 12.3 Å². The minimum atomic E-state index is -3.48. The maximum absolute atomic E-state index is 11.0. The topological polar surface area (TPSA) is 69.2 Å². The fraction of sp³-hybridized carbons (Fsp3) is 0.429. The Bertz CT molecular complexity index is 388. The molecule has 0 unspecified atom stereocenters. The van der Waals surface area contributed by atoms with Crippen molar-refractivity contribution in [3.63, 3.8) is 0 Å². The first-order valence-electron chi connectivity index (χ1n) is 3.60. The lowest BCUT2D eigenvalue weighted by atomic mass is 10.4. The van der Waals surface area contributed by atoms with E-state index >= 15 is 0 Å². The summed E-state index contributed by atoms with van der Waals surface area (Å²) in [4.78, 5) is 7.78. The summed E-state index contributed by atoms with van der Waals surface area (Å²) in [5.41, 5.74) is 0.439. The zero-order valence-electron chi connectivity index (χ0n) is 7.39. The molecule has 1 aromatic heterocycles. The third-order valence-electron chi connectivity index (χ3n) is 1.41. The van der Waals surface area contributed by atoms with Crippen molar-refractivity contribution in [2.45, 2.75) is 12.7 Å². The molecular weight excluding hydrogens is 192 g/mol. The molecule has 0 spiro atoms. The van der Waals surface area contributed by atoms with Gasteiger partial charge in [0.25, 0.3) is 10.1 Å². The molecule has 0 aliphatic carbocycles. The maximum Gasteiger partial charge on any atom is 0.272 e. The molecule has 0 bridgehead atoms. The van der Waals surface area contributed by atoms with Gasteiger partial charge in [0.05, 0.1) is 12.8 Å². The molecule has 0 aromatic carbocycles. The minimum absolute atomic E-state index is 0.215. The monoisotopic (exact) mass is 202 g/mol. The van der Waals surface area contributed by atoms with Gasteiger partial charge in [-0.2, -0.15) is 8.42 Å². The van der Waals surface area contributed by atoms with Crippen LogP contribution in [0.1, 0.15) is 11.5 Å². The maximum atomic E-state index is 11.0. The standard InChI is InChI=1S/C7H10N2O3S/c1-6-8-4-3-7(9-6)5-13(10,11)12-2/h3-4H,5H2,1-2H3. The molecule has 5 nitrogen and oxygen atoms in total. The molecule has 6 heteroatoms. The molecule has 0 saturated heterocycles. The van der Waals surface area contributed by atoms with E-state index in [0.717, 1.165) is 7.11 Å². The number of aryl methyl sites for hydroxylation is 1. The second kappa shape index (κ2) is 3.80. The molecule has 0 amide bonds.